The van der Waals surface area contributed by atoms with Crippen LogP contribution in [0.1, 0.15) is 13.8 Å². The zero-order valence-corrected chi connectivity index (χ0v) is 6.30. The van der Waals surface area contributed by atoms with Gasteiger partial charge in [-0.2, -0.15) is 4.99 Å². The summed E-state index contributed by atoms with van der Waals surface area (Å²) >= 11 is 0. The summed E-state index contributed by atoms with van der Waals surface area (Å²) in [6.45, 7) is 3.69. The lowest BCUT2D eigenvalue weighted by Crippen LogP contribution is -2.35. The molecule has 0 spiro atoms. The third kappa shape index (κ3) is 2.40. The Morgan fingerprint density at radius 1 is 1.44 bits per heavy atom. The van der Waals surface area contributed by atoms with E-state index in [1.54, 1.807) is 0 Å². The maximum absolute atomic E-state index is 9.81. The number of rotatable bonds is 2. The van der Waals surface area contributed by atoms with E-state index in [0.717, 1.165) is 0 Å². The van der Waals surface area contributed by atoms with Crippen LogP contribution >= 0.6 is 0 Å². The lowest BCUT2D eigenvalue weighted by molar-refractivity contribution is 0.206. The Kier molecular flexibility index (Phi) is 2.56. The Balaban J connectivity index is 4.18. The molecule has 0 aliphatic carbocycles. The molecule has 0 N–H and O–H groups in total. The highest BCUT2D eigenvalue weighted by atomic mass is 16.1. The normalized spacial score (nSPS) is 11.2. The van der Waals surface area contributed by atoms with Crippen LogP contribution in [0.4, 0.5) is 0 Å². The third-order valence-electron chi connectivity index (χ3n) is 1.41. The van der Waals surface area contributed by atoms with E-state index in [2.05, 4.69) is 4.99 Å². The molecule has 0 heterocycles. The van der Waals surface area contributed by atoms with E-state index < -0.39 is 5.66 Å². The molecule has 52 valence electrons. The predicted molar refractivity (Wildman–Crippen MR) is 35.9 cm³/mol. The first-order valence-electron chi connectivity index (χ1n) is 2.77. The molecule has 0 unspecified atom stereocenters. The zero-order valence-electron chi connectivity index (χ0n) is 6.30. The first kappa shape index (κ1) is 8.34. The molecule has 0 radical (unpaired) electrons. The molecule has 0 aromatic rings. The highest BCUT2D eigenvalue weighted by Crippen LogP contribution is 2.09. The maximum Gasteiger partial charge on any atom is 0.236 e. The van der Waals surface area contributed by atoms with Crippen molar-refractivity contribution in [2.45, 2.75) is 19.5 Å². The van der Waals surface area contributed by atoms with Crippen LogP contribution in [0.25, 0.3) is 0 Å². The van der Waals surface area contributed by atoms with Crippen LogP contribution in [0, 0.1) is 0 Å². The van der Waals surface area contributed by atoms with Gasteiger partial charge in [-0.25, -0.2) is 4.79 Å². The molecule has 0 amide bonds. The second-order valence-corrected chi connectivity index (χ2v) is 2.59. The molecule has 0 saturated heterocycles. The van der Waals surface area contributed by atoms with Gasteiger partial charge in [0.05, 0.1) is 0 Å². The molecule has 0 aromatic carbocycles. The van der Waals surface area contributed by atoms with E-state index in [0.29, 0.717) is 0 Å². The van der Waals surface area contributed by atoms with E-state index in [1.807, 2.05) is 32.8 Å². The van der Waals surface area contributed by atoms with E-state index in [9.17, 15) is 4.79 Å². The first-order valence-corrected chi connectivity index (χ1v) is 2.77. The monoisotopic (exact) mass is 128 g/mol. The van der Waals surface area contributed by atoms with Crippen LogP contribution in [-0.2, 0) is 4.79 Å². The summed E-state index contributed by atoms with van der Waals surface area (Å²) < 4.78 is 0. The number of carbonyl (C=O) groups excluding carboxylic acids is 1. The number of isocyanates is 1. The summed E-state index contributed by atoms with van der Waals surface area (Å²) in [6.07, 6.45) is 1.52. The van der Waals surface area contributed by atoms with Crippen LogP contribution in [0.15, 0.2) is 4.99 Å². The summed E-state index contributed by atoms with van der Waals surface area (Å²) in [5.41, 5.74) is -0.415. The molecule has 0 fully saturated rings. The lowest BCUT2D eigenvalue weighted by atomic mass is 10.2. The van der Waals surface area contributed by atoms with Crippen LogP contribution in [0.5, 0.6) is 0 Å². The minimum atomic E-state index is -0.415. The van der Waals surface area contributed by atoms with Gasteiger partial charge in [0.25, 0.3) is 0 Å². The van der Waals surface area contributed by atoms with Gasteiger partial charge in [0.2, 0.25) is 6.08 Å². The predicted octanol–water partition coefficient (Wildman–Crippen LogP) is 0.620. The Labute approximate surface area is 55.4 Å². The van der Waals surface area contributed by atoms with Crippen molar-refractivity contribution in [3.63, 3.8) is 0 Å². The minimum Gasteiger partial charge on any atom is -0.285 e. The van der Waals surface area contributed by atoms with Gasteiger partial charge in [0.1, 0.15) is 5.66 Å². The highest BCUT2D eigenvalue weighted by molar-refractivity contribution is 5.34. The topological polar surface area (TPSA) is 32.7 Å². The van der Waals surface area contributed by atoms with Crippen LogP contribution < -0.4 is 0 Å². The van der Waals surface area contributed by atoms with Crippen molar-refractivity contribution in [3.8, 4) is 0 Å². The zero-order chi connectivity index (χ0) is 7.49. The van der Waals surface area contributed by atoms with Gasteiger partial charge in [-0.3, -0.25) is 4.90 Å². The molecule has 3 heteroatoms. The van der Waals surface area contributed by atoms with Gasteiger partial charge < -0.3 is 0 Å². The molecule has 3 nitrogen and oxygen atoms in total. The molecule has 0 atom stereocenters. The summed E-state index contributed by atoms with van der Waals surface area (Å²) in [5, 5.41) is 0. The molecule has 0 saturated carbocycles. The van der Waals surface area contributed by atoms with E-state index in [-0.39, 0.29) is 0 Å². The Bertz CT molecular complexity index is 134. The van der Waals surface area contributed by atoms with Crippen molar-refractivity contribution < 1.29 is 4.79 Å². The second kappa shape index (κ2) is 2.76. The van der Waals surface area contributed by atoms with E-state index >= 15 is 0 Å². The van der Waals surface area contributed by atoms with Crippen molar-refractivity contribution in [3.05, 3.63) is 0 Å². The Morgan fingerprint density at radius 3 is 2.00 bits per heavy atom. The highest BCUT2D eigenvalue weighted by Gasteiger charge is 2.17. The van der Waals surface area contributed by atoms with Crippen LogP contribution in [0.3, 0.4) is 0 Å². The van der Waals surface area contributed by atoms with Crippen molar-refractivity contribution in [2.24, 2.45) is 4.99 Å². The summed E-state index contributed by atoms with van der Waals surface area (Å²) in [4.78, 5) is 15.2. The molecule has 9 heavy (non-hydrogen) atoms. The van der Waals surface area contributed by atoms with Gasteiger partial charge in [0.15, 0.2) is 0 Å². The molecule has 0 aliphatic rings. The molecule has 0 bridgehead atoms. The van der Waals surface area contributed by atoms with Crippen LogP contribution in [-0.4, -0.2) is 30.7 Å². The fourth-order valence-electron chi connectivity index (χ4n) is 0.212. The average Bonchev–Trinajstić information content (AvgIpc) is 1.65. The second-order valence-electron chi connectivity index (χ2n) is 2.59. The smallest absolute Gasteiger partial charge is 0.236 e. The SMILES string of the molecule is CN(C)C(C)(C)N=C=O. The fraction of sp³-hybridized carbons (Fsp3) is 0.833. The van der Waals surface area contributed by atoms with Gasteiger partial charge in [-0.05, 0) is 27.9 Å². The van der Waals surface area contributed by atoms with Crippen molar-refractivity contribution in [2.75, 3.05) is 14.1 Å². The number of aliphatic imine (C=N–C) groups is 1. The largest absolute Gasteiger partial charge is 0.285 e. The van der Waals surface area contributed by atoms with Crippen molar-refractivity contribution in [1.82, 2.24) is 4.90 Å². The average molecular weight is 128 g/mol. The summed E-state index contributed by atoms with van der Waals surface area (Å²) in [5.74, 6) is 0. The minimum absolute atomic E-state index is 0.415. The van der Waals surface area contributed by atoms with Gasteiger partial charge in [-0.1, -0.05) is 0 Å². The van der Waals surface area contributed by atoms with Gasteiger partial charge >= 0.3 is 0 Å². The summed E-state index contributed by atoms with van der Waals surface area (Å²) in [6, 6.07) is 0. The molecular formula is C6H12N2O. The van der Waals surface area contributed by atoms with Crippen molar-refractivity contribution in [1.29, 1.82) is 0 Å². The number of nitrogens with zero attached hydrogens (tertiary/aromatic N) is 2. The standard InChI is InChI=1S/C6H12N2O/c1-6(2,7-5-9)8(3)4/h1-4H3. The first-order chi connectivity index (χ1) is 4.00. The van der Waals surface area contributed by atoms with E-state index in [1.165, 1.54) is 6.08 Å². The van der Waals surface area contributed by atoms with Crippen LogP contribution in [0.2, 0.25) is 0 Å². The lowest BCUT2D eigenvalue weighted by Gasteiger charge is -2.25. The Hall–Kier alpha value is -0.660. The third-order valence-corrected chi connectivity index (χ3v) is 1.41. The molecule has 0 aromatic heterocycles. The molecule has 0 aliphatic heterocycles. The number of hydrogen-bond acceptors (Lipinski definition) is 3. The van der Waals surface area contributed by atoms with Crippen molar-refractivity contribution >= 4 is 6.08 Å². The summed E-state index contributed by atoms with van der Waals surface area (Å²) in [7, 11) is 3.72. The Morgan fingerprint density at radius 2 is 1.89 bits per heavy atom. The fourth-order valence-corrected chi connectivity index (χ4v) is 0.212. The van der Waals surface area contributed by atoms with E-state index in [4.69, 9.17) is 0 Å². The van der Waals surface area contributed by atoms with Gasteiger partial charge in [0, 0.05) is 0 Å². The number of hydrogen-bond donors (Lipinski definition) is 0. The van der Waals surface area contributed by atoms with Gasteiger partial charge in [-0.15, -0.1) is 0 Å². The molecular weight excluding hydrogens is 116 g/mol. The maximum atomic E-state index is 9.81. The molecule has 0 rings (SSSR count). The quantitative estimate of drug-likeness (QED) is 0.403.